The maximum absolute atomic E-state index is 12.4. The Morgan fingerprint density at radius 1 is 1.31 bits per heavy atom. The molecule has 3 atom stereocenters. The lowest BCUT2D eigenvalue weighted by Crippen LogP contribution is -2.29. The molecule has 0 radical (unpaired) electrons. The average Bonchev–Trinajstić information content (AvgIpc) is 3.26. The Morgan fingerprint density at radius 3 is 2.85 bits per heavy atom. The van der Waals surface area contributed by atoms with Crippen LogP contribution in [0.3, 0.4) is 0 Å². The summed E-state index contributed by atoms with van der Waals surface area (Å²) in [5, 5.41) is 2.80. The zero-order chi connectivity index (χ0) is 18.1. The molecule has 1 aliphatic heterocycles. The molecule has 8 heteroatoms. The molecule has 0 bridgehead atoms. The fourth-order valence-electron chi connectivity index (χ4n) is 3.24. The van der Waals surface area contributed by atoms with Crippen LogP contribution in [0.2, 0.25) is 0 Å². The Labute approximate surface area is 150 Å². The number of amides is 1. The van der Waals surface area contributed by atoms with Gasteiger partial charge in [-0.2, -0.15) is 0 Å². The van der Waals surface area contributed by atoms with Crippen LogP contribution in [0.15, 0.2) is 43.0 Å². The Kier molecular flexibility index (Phi) is 4.36. The van der Waals surface area contributed by atoms with Gasteiger partial charge in [0.1, 0.15) is 12.6 Å². The maximum atomic E-state index is 12.4. The van der Waals surface area contributed by atoms with Crippen molar-refractivity contribution in [2.45, 2.75) is 38.1 Å². The highest BCUT2D eigenvalue weighted by molar-refractivity contribution is 6.06. The summed E-state index contributed by atoms with van der Waals surface area (Å²) in [6.45, 7) is 2.05. The number of nitrogens with zero attached hydrogens (tertiary/aromatic N) is 4. The number of imidazole rings is 1. The fourth-order valence-corrected chi connectivity index (χ4v) is 3.24. The first-order valence-electron chi connectivity index (χ1n) is 8.62. The number of benzene rings is 1. The number of ether oxygens (including phenoxy) is 1. The van der Waals surface area contributed by atoms with Crippen LogP contribution < -0.4 is 11.1 Å². The van der Waals surface area contributed by atoms with Gasteiger partial charge in [-0.25, -0.2) is 15.0 Å². The van der Waals surface area contributed by atoms with E-state index in [1.165, 1.54) is 6.33 Å². The van der Waals surface area contributed by atoms with Gasteiger partial charge in [0.25, 0.3) is 5.91 Å². The number of nitrogens with one attached hydrogen (secondary N) is 1. The second-order valence-corrected chi connectivity index (χ2v) is 6.30. The summed E-state index contributed by atoms with van der Waals surface area (Å²) >= 11 is 0. The van der Waals surface area contributed by atoms with Crippen molar-refractivity contribution >= 4 is 22.9 Å². The van der Waals surface area contributed by atoms with E-state index in [-0.39, 0.29) is 24.3 Å². The van der Waals surface area contributed by atoms with Gasteiger partial charge < -0.3 is 15.8 Å². The second-order valence-electron chi connectivity index (χ2n) is 6.30. The van der Waals surface area contributed by atoms with Crippen LogP contribution in [-0.4, -0.2) is 37.6 Å². The summed E-state index contributed by atoms with van der Waals surface area (Å²) in [6.07, 6.45) is 4.43. The molecule has 0 aliphatic carbocycles. The van der Waals surface area contributed by atoms with Crippen LogP contribution in [0.1, 0.15) is 36.4 Å². The number of carbonyl (C=O) groups is 1. The predicted octanol–water partition coefficient (Wildman–Crippen LogP) is 2.10. The number of hydrogen-bond acceptors (Lipinski definition) is 6. The highest BCUT2D eigenvalue weighted by atomic mass is 16.5. The lowest BCUT2D eigenvalue weighted by atomic mass is 10.1. The second kappa shape index (κ2) is 6.81. The SMILES string of the molecule is CC[C@H]1O[C@@H](n2cnc3c(NC(=O)c4ccccc4)ncnc32)CC1N. The van der Waals surface area contributed by atoms with Gasteiger partial charge in [0.05, 0.1) is 12.4 Å². The molecule has 0 spiro atoms. The van der Waals surface area contributed by atoms with Gasteiger partial charge in [0.15, 0.2) is 17.0 Å². The first-order valence-corrected chi connectivity index (χ1v) is 8.62. The van der Waals surface area contributed by atoms with Crippen LogP contribution in [0.5, 0.6) is 0 Å². The van der Waals surface area contributed by atoms with Crippen LogP contribution in [0.4, 0.5) is 5.82 Å². The standard InChI is InChI=1S/C18H20N6O2/c1-2-13-12(19)8-14(26-13)24-10-22-15-16(20-9-21-17(15)24)23-18(25)11-6-4-3-5-7-11/h3-7,9-10,12-14H,2,8,19H2,1H3,(H,20,21,23,25)/t12?,13-,14-/m1/s1. The molecule has 3 N–H and O–H groups in total. The van der Waals surface area contributed by atoms with Crippen molar-refractivity contribution in [1.82, 2.24) is 19.5 Å². The molecule has 1 aliphatic rings. The highest BCUT2D eigenvalue weighted by Gasteiger charge is 2.33. The summed E-state index contributed by atoms with van der Waals surface area (Å²) in [5.41, 5.74) is 7.82. The Balaban J connectivity index is 1.63. The molecule has 134 valence electrons. The lowest BCUT2D eigenvalue weighted by Gasteiger charge is -2.14. The van der Waals surface area contributed by atoms with Gasteiger partial charge in [0.2, 0.25) is 0 Å². The van der Waals surface area contributed by atoms with E-state index in [4.69, 9.17) is 10.5 Å². The molecule has 1 fully saturated rings. The minimum Gasteiger partial charge on any atom is -0.353 e. The van der Waals surface area contributed by atoms with Gasteiger partial charge in [-0.1, -0.05) is 25.1 Å². The molecule has 2 aromatic heterocycles. The van der Waals surface area contributed by atoms with E-state index in [1.807, 2.05) is 22.8 Å². The molecule has 26 heavy (non-hydrogen) atoms. The Hall–Kier alpha value is -2.84. The van der Waals surface area contributed by atoms with Crippen molar-refractivity contribution in [2.24, 2.45) is 5.73 Å². The van der Waals surface area contributed by atoms with E-state index in [9.17, 15) is 4.79 Å². The molecule has 1 unspecified atom stereocenters. The van der Waals surface area contributed by atoms with Crippen LogP contribution in [0.25, 0.3) is 11.2 Å². The molecule has 1 aromatic carbocycles. The molecule has 0 saturated carbocycles. The summed E-state index contributed by atoms with van der Waals surface area (Å²) in [4.78, 5) is 25.3. The third-order valence-corrected chi connectivity index (χ3v) is 4.62. The third-order valence-electron chi connectivity index (χ3n) is 4.62. The van der Waals surface area contributed by atoms with E-state index >= 15 is 0 Å². The summed E-state index contributed by atoms with van der Waals surface area (Å²) in [7, 11) is 0. The minimum absolute atomic E-state index is 0.0125. The first kappa shape index (κ1) is 16.6. The van der Waals surface area contributed by atoms with E-state index < -0.39 is 0 Å². The van der Waals surface area contributed by atoms with Crippen LogP contribution in [0, 0.1) is 0 Å². The molecule has 1 saturated heterocycles. The van der Waals surface area contributed by atoms with Crippen molar-refractivity contribution in [3.8, 4) is 0 Å². The normalized spacial score (nSPS) is 22.6. The molecule has 3 aromatic rings. The number of rotatable bonds is 4. The highest BCUT2D eigenvalue weighted by Crippen LogP contribution is 2.31. The van der Waals surface area contributed by atoms with Crippen molar-refractivity contribution in [1.29, 1.82) is 0 Å². The molecule has 1 amide bonds. The number of carbonyl (C=O) groups excluding carboxylic acids is 1. The monoisotopic (exact) mass is 352 g/mol. The van der Waals surface area contributed by atoms with Crippen molar-refractivity contribution < 1.29 is 9.53 Å². The minimum atomic E-state index is -0.245. The predicted molar refractivity (Wildman–Crippen MR) is 96.5 cm³/mol. The molecule has 3 heterocycles. The topological polar surface area (TPSA) is 108 Å². The lowest BCUT2D eigenvalue weighted by molar-refractivity contribution is 0.000664. The van der Waals surface area contributed by atoms with E-state index in [2.05, 4.69) is 27.2 Å². The third kappa shape index (κ3) is 2.93. The van der Waals surface area contributed by atoms with Gasteiger partial charge >= 0.3 is 0 Å². The number of hydrogen-bond donors (Lipinski definition) is 2. The Morgan fingerprint density at radius 2 is 2.12 bits per heavy atom. The smallest absolute Gasteiger partial charge is 0.256 e. The maximum Gasteiger partial charge on any atom is 0.256 e. The Bertz CT molecular complexity index is 926. The quantitative estimate of drug-likeness (QED) is 0.744. The number of fused-ring (bicyclic) bond motifs is 1. The first-order chi connectivity index (χ1) is 12.7. The molecule has 8 nitrogen and oxygen atoms in total. The zero-order valence-corrected chi connectivity index (χ0v) is 14.4. The summed E-state index contributed by atoms with van der Waals surface area (Å²) in [5.74, 6) is 0.127. The van der Waals surface area contributed by atoms with Crippen molar-refractivity contribution in [3.63, 3.8) is 0 Å². The van der Waals surface area contributed by atoms with Crippen molar-refractivity contribution in [3.05, 3.63) is 48.5 Å². The van der Waals surface area contributed by atoms with E-state index in [1.54, 1.807) is 18.5 Å². The van der Waals surface area contributed by atoms with E-state index in [0.29, 0.717) is 29.0 Å². The largest absolute Gasteiger partial charge is 0.353 e. The van der Waals surface area contributed by atoms with Crippen LogP contribution >= 0.6 is 0 Å². The summed E-state index contributed by atoms with van der Waals surface area (Å²) in [6, 6.07) is 8.95. The fraction of sp³-hybridized carbons (Fsp3) is 0.333. The molecular formula is C18H20N6O2. The number of aromatic nitrogens is 4. The average molecular weight is 352 g/mol. The van der Waals surface area contributed by atoms with Crippen molar-refractivity contribution in [2.75, 3.05) is 5.32 Å². The molecule has 4 rings (SSSR count). The van der Waals surface area contributed by atoms with Gasteiger partial charge in [-0.3, -0.25) is 9.36 Å². The van der Waals surface area contributed by atoms with Gasteiger partial charge in [-0.15, -0.1) is 0 Å². The number of anilines is 1. The number of nitrogens with two attached hydrogens (primary N) is 1. The van der Waals surface area contributed by atoms with Gasteiger partial charge in [-0.05, 0) is 18.6 Å². The zero-order valence-electron chi connectivity index (χ0n) is 14.4. The van der Waals surface area contributed by atoms with Crippen LogP contribution in [-0.2, 0) is 4.74 Å². The van der Waals surface area contributed by atoms with Gasteiger partial charge in [0, 0.05) is 18.0 Å². The summed E-state index contributed by atoms with van der Waals surface area (Å²) < 4.78 is 7.87. The molecular weight excluding hydrogens is 332 g/mol. The van der Waals surface area contributed by atoms with E-state index in [0.717, 1.165) is 6.42 Å².